The molecule has 0 bridgehead atoms. The molecular weight excluding hydrogens is 353 g/mol. The van der Waals surface area contributed by atoms with Gasteiger partial charge in [0.05, 0.1) is 11.0 Å². The van der Waals surface area contributed by atoms with E-state index in [-0.39, 0.29) is 4.90 Å². The van der Waals surface area contributed by atoms with Crippen molar-refractivity contribution in [3.63, 3.8) is 0 Å². The van der Waals surface area contributed by atoms with Gasteiger partial charge >= 0.3 is 0 Å². The second kappa shape index (κ2) is 7.09. The van der Waals surface area contributed by atoms with E-state index in [1.807, 2.05) is 30.3 Å². The van der Waals surface area contributed by atoms with Crippen LogP contribution in [0.15, 0.2) is 82.9 Å². The Morgan fingerprint density at radius 2 is 1.62 bits per heavy atom. The largest absolute Gasteiger partial charge is 0.322 e. The van der Waals surface area contributed by atoms with Crippen LogP contribution in [0, 0.1) is 6.92 Å². The molecule has 4 nitrogen and oxygen atoms in total. The molecule has 3 aromatic carbocycles. The fourth-order valence-corrected chi connectivity index (χ4v) is 3.44. The summed E-state index contributed by atoms with van der Waals surface area (Å²) in [5.41, 5.74) is 1.30. The molecule has 26 heavy (non-hydrogen) atoms. The zero-order chi connectivity index (χ0) is 18.7. The molecule has 0 spiro atoms. The molecule has 0 fully saturated rings. The highest BCUT2D eigenvalue weighted by molar-refractivity contribution is 7.95. The number of fused-ring (bicyclic) bond motifs is 1. The molecule has 3 rings (SSSR count). The number of aryl methyl sites for hydroxylation is 1. The van der Waals surface area contributed by atoms with Crippen LogP contribution in [0.2, 0.25) is 0 Å². The predicted octanol–water partition coefficient (Wildman–Crippen LogP) is 4.37. The average Bonchev–Trinajstić information content (AvgIpc) is 2.61. The Morgan fingerprint density at radius 1 is 0.962 bits per heavy atom. The molecule has 0 atom stereocenters. The van der Waals surface area contributed by atoms with Crippen LogP contribution < -0.4 is 5.32 Å². The minimum absolute atomic E-state index is 0.199. The number of hydrogen-bond acceptors (Lipinski definition) is 3. The highest BCUT2D eigenvalue weighted by atomic mass is 32.2. The molecule has 132 valence electrons. The fourth-order valence-electron chi connectivity index (χ4n) is 2.46. The summed E-state index contributed by atoms with van der Waals surface area (Å²) in [5, 5.41) is 2.88. The monoisotopic (exact) mass is 369 g/mol. The quantitative estimate of drug-likeness (QED) is 0.695. The molecular formula is C20H16FNO3S. The van der Waals surface area contributed by atoms with E-state index < -0.39 is 20.9 Å². The molecule has 0 heterocycles. The smallest absolute Gasteiger partial charge is 0.252 e. The van der Waals surface area contributed by atoms with Crippen molar-refractivity contribution in [1.29, 1.82) is 0 Å². The van der Waals surface area contributed by atoms with E-state index in [0.29, 0.717) is 11.8 Å². The number of amides is 1. The number of carbonyl (C=O) groups is 1. The van der Waals surface area contributed by atoms with Gasteiger partial charge in [0, 0.05) is 5.69 Å². The van der Waals surface area contributed by atoms with Crippen LogP contribution in [-0.4, -0.2) is 14.3 Å². The normalized spacial score (nSPS) is 12.2. The Hall–Kier alpha value is -2.99. The first-order valence-electron chi connectivity index (χ1n) is 7.85. The van der Waals surface area contributed by atoms with Crippen molar-refractivity contribution >= 4 is 32.2 Å². The van der Waals surface area contributed by atoms with Gasteiger partial charge in [0.2, 0.25) is 15.0 Å². The van der Waals surface area contributed by atoms with Gasteiger partial charge in [0.25, 0.3) is 5.91 Å². The van der Waals surface area contributed by atoms with Crippen LogP contribution in [-0.2, 0) is 14.6 Å². The van der Waals surface area contributed by atoms with Gasteiger partial charge in [-0.05, 0) is 42.0 Å². The Balaban J connectivity index is 1.81. The van der Waals surface area contributed by atoms with E-state index in [4.69, 9.17) is 0 Å². The molecule has 0 radical (unpaired) electrons. The third-order valence-electron chi connectivity index (χ3n) is 3.85. The van der Waals surface area contributed by atoms with Crippen molar-refractivity contribution in [2.75, 3.05) is 5.32 Å². The lowest BCUT2D eigenvalue weighted by Gasteiger charge is -2.05. The lowest BCUT2D eigenvalue weighted by Crippen LogP contribution is -2.11. The topological polar surface area (TPSA) is 63.2 Å². The maximum Gasteiger partial charge on any atom is 0.252 e. The Bertz CT molecular complexity index is 1100. The van der Waals surface area contributed by atoms with Crippen LogP contribution >= 0.6 is 0 Å². The summed E-state index contributed by atoms with van der Waals surface area (Å²) >= 11 is 0. The highest BCUT2D eigenvalue weighted by Crippen LogP contribution is 2.22. The molecule has 0 saturated heterocycles. The molecule has 0 unspecified atom stereocenters. The summed E-state index contributed by atoms with van der Waals surface area (Å²) in [6.07, 6.45) is 0.449. The molecule has 0 saturated carbocycles. The van der Waals surface area contributed by atoms with E-state index in [1.165, 1.54) is 12.1 Å². The second-order valence-electron chi connectivity index (χ2n) is 5.82. The van der Waals surface area contributed by atoms with Gasteiger partial charge < -0.3 is 5.32 Å². The molecule has 0 aliphatic heterocycles. The lowest BCUT2D eigenvalue weighted by atomic mass is 10.1. The van der Waals surface area contributed by atoms with Crippen LogP contribution in [0.5, 0.6) is 0 Å². The molecule has 1 amide bonds. The Labute approximate surface area is 150 Å². The summed E-state index contributed by atoms with van der Waals surface area (Å²) in [6, 6.07) is 18.5. The number of benzene rings is 3. The number of hydrogen-bond donors (Lipinski definition) is 1. The molecule has 3 aromatic rings. The van der Waals surface area contributed by atoms with Gasteiger partial charge in [0.15, 0.2) is 0 Å². The maximum atomic E-state index is 14.2. The van der Waals surface area contributed by atoms with Crippen LogP contribution in [0.1, 0.15) is 5.56 Å². The lowest BCUT2D eigenvalue weighted by molar-refractivity contribution is -0.112. The van der Waals surface area contributed by atoms with E-state index in [0.717, 1.165) is 16.3 Å². The number of carbonyl (C=O) groups excluding carboxylic acids is 1. The number of anilines is 1. The van der Waals surface area contributed by atoms with E-state index in [9.17, 15) is 17.6 Å². The summed E-state index contributed by atoms with van der Waals surface area (Å²) in [6.45, 7) is 1.79. The first kappa shape index (κ1) is 17.8. The van der Waals surface area contributed by atoms with Gasteiger partial charge in [-0.1, -0.05) is 48.0 Å². The summed E-state index contributed by atoms with van der Waals surface area (Å²) in [7, 11) is -4.34. The standard InChI is InChI=1S/C20H16FNO3S/c1-14-6-10-18(11-7-14)26(24,25)19(21)13-20(23)22-17-9-8-15-4-2-3-5-16(15)12-17/h2-13H,1H3,(H,22,23). The van der Waals surface area contributed by atoms with Crippen molar-refractivity contribution in [3.8, 4) is 0 Å². The van der Waals surface area contributed by atoms with Crippen LogP contribution in [0.3, 0.4) is 0 Å². The van der Waals surface area contributed by atoms with Crippen LogP contribution in [0.4, 0.5) is 10.1 Å². The maximum absolute atomic E-state index is 14.2. The number of nitrogens with one attached hydrogen (secondary N) is 1. The fraction of sp³-hybridized carbons (Fsp3) is 0.0500. The Kier molecular flexibility index (Phi) is 4.86. The highest BCUT2D eigenvalue weighted by Gasteiger charge is 2.22. The minimum atomic E-state index is -4.34. The summed E-state index contributed by atoms with van der Waals surface area (Å²) in [5.74, 6) is -0.853. The minimum Gasteiger partial charge on any atom is -0.322 e. The van der Waals surface area contributed by atoms with Crippen molar-refractivity contribution < 1.29 is 17.6 Å². The van der Waals surface area contributed by atoms with E-state index >= 15 is 0 Å². The van der Waals surface area contributed by atoms with Crippen molar-refractivity contribution in [1.82, 2.24) is 0 Å². The average molecular weight is 369 g/mol. The second-order valence-corrected chi connectivity index (χ2v) is 7.68. The van der Waals surface area contributed by atoms with Crippen LogP contribution in [0.25, 0.3) is 10.8 Å². The van der Waals surface area contributed by atoms with Gasteiger partial charge in [-0.25, -0.2) is 8.42 Å². The predicted molar refractivity (Wildman–Crippen MR) is 100 cm³/mol. The van der Waals surface area contributed by atoms with Crippen molar-refractivity contribution in [3.05, 3.63) is 83.5 Å². The molecule has 6 heteroatoms. The number of rotatable bonds is 4. The van der Waals surface area contributed by atoms with E-state index in [2.05, 4.69) is 5.32 Å². The van der Waals surface area contributed by atoms with Gasteiger partial charge in [-0.3, -0.25) is 4.79 Å². The zero-order valence-electron chi connectivity index (χ0n) is 13.9. The first-order valence-corrected chi connectivity index (χ1v) is 9.33. The van der Waals surface area contributed by atoms with Gasteiger partial charge in [-0.2, -0.15) is 4.39 Å². The van der Waals surface area contributed by atoms with E-state index in [1.54, 1.807) is 31.2 Å². The zero-order valence-corrected chi connectivity index (χ0v) is 14.8. The summed E-state index contributed by atoms with van der Waals surface area (Å²) < 4.78 is 38.6. The molecule has 1 N–H and O–H groups in total. The van der Waals surface area contributed by atoms with Gasteiger partial charge in [-0.15, -0.1) is 0 Å². The molecule has 0 aliphatic carbocycles. The third kappa shape index (κ3) is 3.81. The van der Waals surface area contributed by atoms with Crippen molar-refractivity contribution in [2.24, 2.45) is 0 Å². The summed E-state index contributed by atoms with van der Waals surface area (Å²) in [4.78, 5) is 11.8. The Morgan fingerprint density at radius 3 is 2.31 bits per heavy atom. The molecule has 0 aliphatic rings. The first-order chi connectivity index (χ1) is 12.4. The third-order valence-corrected chi connectivity index (χ3v) is 5.37. The van der Waals surface area contributed by atoms with Crippen molar-refractivity contribution in [2.45, 2.75) is 11.8 Å². The number of sulfone groups is 1. The van der Waals surface area contributed by atoms with Gasteiger partial charge in [0.1, 0.15) is 0 Å². The number of halogens is 1. The SMILES string of the molecule is Cc1ccc(S(=O)(=O)C(F)=CC(=O)Nc2ccc3ccccc3c2)cc1. The molecule has 0 aromatic heterocycles.